The van der Waals surface area contributed by atoms with Crippen LogP contribution in [0.3, 0.4) is 0 Å². The fraction of sp³-hybridized carbons (Fsp3) is 0.700. The molecule has 0 aliphatic heterocycles. The summed E-state index contributed by atoms with van der Waals surface area (Å²) in [5, 5.41) is 0.853. The van der Waals surface area contributed by atoms with Gasteiger partial charge in [-0.1, -0.05) is 22.0 Å². The van der Waals surface area contributed by atoms with Gasteiger partial charge in [-0.15, -0.1) is 0 Å². The van der Waals surface area contributed by atoms with Crippen molar-refractivity contribution in [1.82, 2.24) is 0 Å². The predicted molar refractivity (Wildman–Crippen MR) is 71.1 cm³/mol. The third-order valence-electron chi connectivity index (χ3n) is 2.01. The highest BCUT2D eigenvalue weighted by atomic mass is 79.9. The van der Waals surface area contributed by atoms with Crippen molar-refractivity contribution in [3.63, 3.8) is 0 Å². The first-order chi connectivity index (χ1) is 8.53. The summed E-state index contributed by atoms with van der Waals surface area (Å²) in [4.78, 5) is 11.1. The van der Waals surface area contributed by atoms with Crippen LogP contribution in [0.5, 0.6) is 0 Å². The van der Waals surface area contributed by atoms with Crippen molar-refractivity contribution < 1.29 is 27.9 Å². The Morgan fingerprint density at radius 2 is 1.94 bits per heavy atom. The van der Waals surface area contributed by atoms with E-state index in [-0.39, 0.29) is 0 Å². The van der Waals surface area contributed by atoms with Gasteiger partial charge in [0.2, 0.25) is 5.85 Å². The Bertz CT molecular complexity index is 311. The lowest BCUT2D eigenvalue weighted by Gasteiger charge is -2.20. The normalized spacial score (nSPS) is 13.6. The van der Waals surface area contributed by atoms with E-state index < -0.39 is 19.6 Å². The number of methoxy groups -OCH3 is 1. The van der Waals surface area contributed by atoms with Crippen molar-refractivity contribution in [2.45, 2.75) is 18.7 Å². The second-order valence-electron chi connectivity index (χ2n) is 3.13. The van der Waals surface area contributed by atoms with Crippen LogP contribution in [-0.4, -0.2) is 38.7 Å². The number of carbonyl (C=O) groups is 1. The zero-order valence-corrected chi connectivity index (χ0v) is 13.1. The molecule has 0 rings (SSSR count). The molecule has 0 aromatic carbocycles. The number of carbonyl (C=O) groups excluding carboxylic acids is 1. The Morgan fingerprint density at radius 3 is 2.39 bits per heavy atom. The Kier molecular flexibility index (Phi) is 9.36. The maximum Gasteiger partial charge on any atom is 0.509 e. The quantitative estimate of drug-likeness (QED) is 0.221. The zero-order valence-electron chi connectivity index (χ0n) is 10.6. The van der Waals surface area contributed by atoms with E-state index in [1.165, 1.54) is 27.4 Å². The topological polar surface area (TPSA) is 71.1 Å². The highest BCUT2D eigenvalue weighted by Crippen LogP contribution is 2.52. The molecule has 0 aromatic rings. The molecule has 1 atom stereocenters. The van der Waals surface area contributed by atoms with E-state index in [0.29, 0.717) is 0 Å². The minimum absolute atomic E-state index is 0.750. The van der Waals surface area contributed by atoms with Gasteiger partial charge in [-0.2, -0.15) is 0 Å². The number of alkyl halides is 1. The van der Waals surface area contributed by atoms with Gasteiger partial charge in [0.1, 0.15) is 0 Å². The van der Waals surface area contributed by atoms with E-state index >= 15 is 0 Å². The summed E-state index contributed by atoms with van der Waals surface area (Å²) in [5.74, 6) is -1.12. The summed E-state index contributed by atoms with van der Waals surface area (Å²) in [5.41, 5.74) is 0. The number of rotatable bonds is 8. The van der Waals surface area contributed by atoms with E-state index in [4.69, 9.17) is 13.8 Å². The van der Waals surface area contributed by atoms with Gasteiger partial charge in [0, 0.05) is 19.5 Å². The summed E-state index contributed by atoms with van der Waals surface area (Å²) < 4.78 is 30.9. The molecule has 0 aliphatic rings. The van der Waals surface area contributed by atoms with Gasteiger partial charge in [0.15, 0.2) is 0 Å². The van der Waals surface area contributed by atoms with E-state index in [0.717, 1.165) is 18.2 Å². The molecular formula is C10H18BrO6P. The molecule has 0 saturated heterocycles. The number of halogens is 1. The maximum absolute atomic E-state index is 12.1. The monoisotopic (exact) mass is 344 g/mol. The van der Waals surface area contributed by atoms with E-state index in [9.17, 15) is 9.36 Å². The molecule has 0 radical (unpaired) electrons. The SMILES string of the molecule is COC(=O)OC(/C=C/CCCBr)P(=O)(OC)OC. The van der Waals surface area contributed by atoms with E-state index in [1.807, 2.05) is 0 Å². The number of hydrogen-bond donors (Lipinski definition) is 0. The molecule has 0 N–H and O–H groups in total. The van der Waals surface area contributed by atoms with Crippen molar-refractivity contribution in [2.75, 3.05) is 26.7 Å². The lowest BCUT2D eigenvalue weighted by molar-refractivity contribution is 0.0625. The summed E-state index contributed by atoms with van der Waals surface area (Å²) in [6, 6.07) is 0. The van der Waals surface area contributed by atoms with Crippen LogP contribution in [0.25, 0.3) is 0 Å². The molecule has 0 amide bonds. The minimum Gasteiger partial charge on any atom is -0.438 e. The summed E-state index contributed by atoms with van der Waals surface area (Å²) in [6.07, 6.45) is 3.94. The molecule has 18 heavy (non-hydrogen) atoms. The molecule has 0 aliphatic carbocycles. The van der Waals surface area contributed by atoms with Gasteiger partial charge >= 0.3 is 13.8 Å². The third kappa shape index (κ3) is 6.00. The summed E-state index contributed by atoms with van der Waals surface area (Å²) >= 11 is 3.29. The average Bonchev–Trinajstić information content (AvgIpc) is 2.40. The van der Waals surface area contributed by atoms with Gasteiger partial charge in [-0.05, 0) is 18.9 Å². The molecular weight excluding hydrogens is 327 g/mol. The van der Waals surface area contributed by atoms with Crippen molar-refractivity contribution in [3.8, 4) is 0 Å². The zero-order chi connectivity index (χ0) is 14.0. The molecule has 0 heterocycles. The van der Waals surface area contributed by atoms with E-state index in [1.54, 1.807) is 6.08 Å². The van der Waals surface area contributed by atoms with Gasteiger partial charge in [-0.25, -0.2) is 4.79 Å². The maximum atomic E-state index is 12.1. The number of unbranched alkanes of at least 4 members (excludes halogenated alkanes) is 1. The van der Waals surface area contributed by atoms with Crippen LogP contribution >= 0.6 is 23.5 Å². The minimum atomic E-state index is -3.53. The molecule has 8 heteroatoms. The first kappa shape index (κ1) is 17.6. The van der Waals surface area contributed by atoms with Crippen molar-refractivity contribution in [3.05, 3.63) is 12.2 Å². The highest BCUT2D eigenvalue weighted by molar-refractivity contribution is 9.09. The highest BCUT2D eigenvalue weighted by Gasteiger charge is 2.35. The molecule has 0 aromatic heterocycles. The van der Waals surface area contributed by atoms with Crippen LogP contribution in [0.4, 0.5) is 4.79 Å². The van der Waals surface area contributed by atoms with Crippen LogP contribution < -0.4 is 0 Å². The first-order valence-corrected chi connectivity index (χ1v) is 7.95. The Morgan fingerprint density at radius 1 is 1.33 bits per heavy atom. The predicted octanol–water partition coefficient (Wildman–Crippen LogP) is 3.31. The molecule has 0 spiro atoms. The fourth-order valence-electron chi connectivity index (χ4n) is 1.05. The standard InChI is InChI=1S/C10H18BrO6P/c1-14-10(12)17-9(7-5-4-6-8-11)18(13,15-2)16-3/h5,7,9H,4,6,8H2,1-3H3/b7-5+. The Hall–Kier alpha value is -0.360. The van der Waals surface area contributed by atoms with Gasteiger partial charge in [0.05, 0.1) is 7.11 Å². The van der Waals surface area contributed by atoms with Crippen molar-refractivity contribution >= 4 is 29.7 Å². The number of allylic oxidation sites excluding steroid dienone is 1. The molecule has 0 saturated carbocycles. The largest absolute Gasteiger partial charge is 0.509 e. The first-order valence-electron chi connectivity index (χ1n) is 5.22. The van der Waals surface area contributed by atoms with Gasteiger partial charge < -0.3 is 18.5 Å². The second-order valence-corrected chi connectivity index (χ2v) is 6.24. The fourth-order valence-corrected chi connectivity index (χ4v) is 2.48. The average molecular weight is 345 g/mol. The van der Waals surface area contributed by atoms with Gasteiger partial charge in [0.25, 0.3) is 0 Å². The molecule has 106 valence electrons. The number of ether oxygens (including phenoxy) is 2. The molecule has 0 fully saturated rings. The lowest BCUT2D eigenvalue weighted by Crippen LogP contribution is -2.18. The molecule has 1 unspecified atom stereocenters. The summed E-state index contributed by atoms with van der Waals surface area (Å²) in [7, 11) is 0.0894. The van der Waals surface area contributed by atoms with E-state index in [2.05, 4.69) is 20.7 Å². The van der Waals surface area contributed by atoms with Crippen LogP contribution in [-0.2, 0) is 23.1 Å². The van der Waals surface area contributed by atoms with Crippen LogP contribution in [0, 0.1) is 0 Å². The third-order valence-corrected chi connectivity index (χ3v) is 4.49. The molecule has 0 bridgehead atoms. The van der Waals surface area contributed by atoms with Crippen LogP contribution in [0.2, 0.25) is 0 Å². The van der Waals surface area contributed by atoms with Gasteiger partial charge in [-0.3, -0.25) is 4.57 Å². The van der Waals surface area contributed by atoms with Crippen molar-refractivity contribution in [1.29, 1.82) is 0 Å². The Balaban J connectivity index is 4.76. The smallest absolute Gasteiger partial charge is 0.438 e. The summed E-state index contributed by atoms with van der Waals surface area (Å²) in [6.45, 7) is 0. The number of hydrogen-bond acceptors (Lipinski definition) is 6. The molecule has 6 nitrogen and oxygen atoms in total. The second kappa shape index (κ2) is 9.55. The lowest BCUT2D eigenvalue weighted by atomic mass is 10.3. The van der Waals surface area contributed by atoms with Crippen LogP contribution in [0.1, 0.15) is 12.8 Å². The Labute approximate surface area is 115 Å². The van der Waals surface area contributed by atoms with Crippen LogP contribution in [0.15, 0.2) is 12.2 Å². The van der Waals surface area contributed by atoms with Crippen molar-refractivity contribution in [2.24, 2.45) is 0 Å².